The second-order valence-corrected chi connectivity index (χ2v) is 17.3. The van der Waals surface area contributed by atoms with Crippen LogP contribution in [0.3, 0.4) is 0 Å². The summed E-state index contributed by atoms with van der Waals surface area (Å²) in [6.45, 7) is 10.6. The molecule has 0 aliphatic carbocycles. The zero-order chi connectivity index (χ0) is 41.7. The smallest absolute Gasteiger partial charge is 0.407 e. The molecule has 6 N–H and O–H groups in total. The maximum atomic E-state index is 14.1. The van der Waals surface area contributed by atoms with E-state index in [2.05, 4.69) is 26.3 Å². The number of carbonyl (C=O) groups is 4. The molecule has 0 aliphatic rings. The number of carbonyl (C=O) groups excluding carboxylic acids is 4. The van der Waals surface area contributed by atoms with Gasteiger partial charge >= 0.3 is 19.8 Å². The average Bonchev–Trinajstić information content (AvgIpc) is 3.13. The number of ether oxygens (including phenoxy) is 3. The Morgan fingerprint density at radius 1 is 0.696 bits per heavy atom. The number of alkyl carbamates (subject to hydrolysis) is 2. The van der Waals surface area contributed by atoms with Crippen LogP contribution in [-0.4, -0.2) is 89.6 Å². The Morgan fingerprint density at radius 2 is 1.21 bits per heavy atom. The molecule has 1 heterocycles. The van der Waals surface area contributed by atoms with Crippen LogP contribution in [0.2, 0.25) is 0 Å². The number of nitrogens with one attached hydrogen (secondary N) is 4. The van der Waals surface area contributed by atoms with Gasteiger partial charge in [-0.25, -0.2) is 9.59 Å². The molecule has 0 bridgehead atoms. The lowest BCUT2D eigenvalue weighted by molar-refractivity contribution is -0.128. The van der Waals surface area contributed by atoms with Gasteiger partial charge in [-0.15, -0.1) is 0 Å². The van der Waals surface area contributed by atoms with Gasteiger partial charge in [-0.2, -0.15) is 0 Å². The number of aromatic nitrogens is 1. The number of benzene rings is 2. The van der Waals surface area contributed by atoms with Gasteiger partial charge in [0.15, 0.2) is 0 Å². The van der Waals surface area contributed by atoms with Crippen molar-refractivity contribution in [1.82, 2.24) is 26.3 Å². The first-order valence-electron chi connectivity index (χ1n) is 18.2. The van der Waals surface area contributed by atoms with Gasteiger partial charge in [0.05, 0.1) is 32.1 Å². The summed E-state index contributed by atoms with van der Waals surface area (Å²) in [6.07, 6.45) is -1.68. The van der Waals surface area contributed by atoms with E-state index in [9.17, 15) is 33.5 Å². The summed E-state index contributed by atoms with van der Waals surface area (Å²) in [5.41, 5.74) is 1.66. The fourth-order valence-corrected chi connectivity index (χ4v) is 6.43. The third-order valence-electron chi connectivity index (χ3n) is 8.94. The molecule has 306 valence electrons. The first kappa shape index (κ1) is 45.6. The van der Waals surface area contributed by atoms with Gasteiger partial charge in [-0.05, 0) is 53.4 Å². The minimum absolute atomic E-state index is 0.0504. The Bertz CT molecular complexity index is 1780. The molecule has 0 radical (unpaired) electrons. The highest BCUT2D eigenvalue weighted by Crippen LogP contribution is 2.35. The van der Waals surface area contributed by atoms with Crippen LogP contribution in [0.5, 0.6) is 0 Å². The van der Waals surface area contributed by atoms with Crippen molar-refractivity contribution in [2.24, 2.45) is 10.8 Å². The monoisotopic (exact) mass is 797 g/mol. The van der Waals surface area contributed by atoms with E-state index in [0.29, 0.717) is 0 Å². The summed E-state index contributed by atoms with van der Waals surface area (Å²) in [6, 6.07) is 18.5. The maximum absolute atomic E-state index is 14.1. The van der Waals surface area contributed by atoms with Crippen LogP contribution in [-0.2, 0) is 41.2 Å². The number of pyridine rings is 1. The van der Waals surface area contributed by atoms with E-state index in [4.69, 9.17) is 14.2 Å². The summed E-state index contributed by atoms with van der Waals surface area (Å²) in [4.78, 5) is 77.1. The normalized spacial score (nSPS) is 14.6. The Hall–Kier alpha value is -4.82. The van der Waals surface area contributed by atoms with Crippen molar-refractivity contribution in [2.75, 3.05) is 20.6 Å². The van der Waals surface area contributed by atoms with Gasteiger partial charge in [0.25, 0.3) is 0 Å². The first-order chi connectivity index (χ1) is 26.2. The standard InChI is InChI=1S/C40H56N5O10P/c1-39(2,3)33(44-37(48)53-7)35(46)42-29(22-27-17-19-28(20-18-27)30-16-12-13-21-41-30)24-32(55-25-56(50,51)52)31(23-26-14-10-9-11-15-26)43-36(47)34(40(4,5)6)45-38(49)54-8/h9-21,29,31-34H,22-25H2,1-8H3,(H,42,46)(H,43,47)(H,44,48)(H,45,49)(H2,50,51,52)/t29-,31?,32-,33+,34+/m0/s1. The Balaban J connectivity index is 2.11. The lowest BCUT2D eigenvalue weighted by Crippen LogP contribution is -2.59. The average molecular weight is 798 g/mol. The fraction of sp³-hybridized carbons (Fsp3) is 0.475. The molecular formula is C40H56N5O10P. The molecule has 4 amide bonds. The summed E-state index contributed by atoms with van der Waals surface area (Å²) in [5.74, 6) is -1.13. The predicted molar refractivity (Wildman–Crippen MR) is 211 cm³/mol. The summed E-state index contributed by atoms with van der Waals surface area (Å²) < 4.78 is 27.9. The quantitative estimate of drug-likeness (QED) is 0.101. The van der Waals surface area contributed by atoms with E-state index >= 15 is 0 Å². The van der Waals surface area contributed by atoms with Crippen LogP contribution in [0.15, 0.2) is 79.0 Å². The molecule has 2 aromatic carbocycles. The third kappa shape index (κ3) is 15.0. The van der Waals surface area contributed by atoms with E-state index < -0.39 is 79.0 Å². The Labute approximate surface area is 328 Å². The molecule has 16 heteroatoms. The van der Waals surface area contributed by atoms with E-state index in [0.717, 1.165) is 22.4 Å². The second-order valence-electron chi connectivity index (χ2n) is 15.7. The minimum Gasteiger partial charge on any atom is -0.453 e. The molecule has 0 saturated heterocycles. The summed E-state index contributed by atoms with van der Waals surface area (Å²) in [7, 11) is -2.36. The van der Waals surface area contributed by atoms with Gasteiger partial charge in [-0.1, -0.05) is 102 Å². The number of rotatable bonds is 17. The molecule has 56 heavy (non-hydrogen) atoms. The van der Waals surface area contributed by atoms with Gasteiger partial charge in [-0.3, -0.25) is 19.1 Å². The first-order valence-corrected chi connectivity index (χ1v) is 20.0. The van der Waals surface area contributed by atoms with Crippen molar-refractivity contribution in [1.29, 1.82) is 0 Å². The van der Waals surface area contributed by atoms with E-state index in [-0.39, 0.29) is 19.3 Å². The van der Waals surface area contributed by atoms with Crippen LogP contribution < -0.4 is 21.3 Å². The van der Waals surface area contributed by atoms with Crippen molar-refractivity contribution in [2.45, 2.75) is 91.1 Å². The Kier molecular flexibility index (Phi) is 16.6. The molecule has 1 aromatic heterocycles. The fourth-order valence-electron chi connectivity index (χ4n) is 6.04. The lowest BCUT2D eigenvalue weighted by atomic mass is 9.85. The van der Waals surface area contributed by atoms with Crippen molar-refractivity contribution >= 4 is 31.6 Å². The van der Waals surface area contributed by atoms with Gasteiger partial charge in [0, 0.05) is 17.8 Å². The molecule has 3 aromatic rings. The van der Waals surface area contributed by atoms with Crippen LogP contribution in [0, 0.1) is 10.8 Å². The van der Waals surface area contributed by atoms with Gasteiger partial charge < -0.3 is 45.3 Å². The van der Waals surface area contributed by atoms with Crippen LogP contribution in [0.4, 0.5) is 9.59 Å². The molecule has 0 saturated carbocycles. The molecule has 5 atom stereocenters. The van der Waals surface area contributed by atoms with Gasteiger partial charge in [0.1, 0.15) is 18.4 Å². The van der Waals surface area contributed by atoms with Crippen LogP contribution in [0.1, 0.15) is 59.1 Å². The van der Waals surface area contributed by atoms with Crippen molar-refractivity contribution < 1.29 is 47.7 Å². The zero-order valence-electron chi connectivity index (χ0n) is 33.3. The minimum atomic E-state index is -4.74. The lowest BCUT2D eigenvalue weighted by Gasteiger charge is -2.36. The Morgan fingerprint density at radius 3 is 1.70 bits per heavy atom. The number of methoxy groups -OCH3 is 2. The largest absolute Gasteiger partial charge is 0.453 e. The van der Waals surface area contributed by atoms with Crippen molar-refractivity contribution in [3.05, 3.63) is 90.1 Å². The highest BCUT2D eigenvalue weighted by atomic mass is 31.2. The highest BCUT2D eigenvalue weighted by molar-refractivity contribution is 7.51. The zero-order valence-corrected chi connectivity index (χ0v) is 34.2. The summed E-state index contributed by atoms with van der Waals surface area (Å²) in [5, 5.41) is 11.2. The third-order valence-corrected chi connectivity index (χ3v) is 9.43. The molecule has 0 spiro atoms. The van der Waals surface area contributed by atoms with Crippen molar-refractivity contribution in [3.63, 3.8) is 0 Å². The SMILES string of the molecule is COC(=O)N[C@H](C(=O)NC(Cc1ccccc1)[C@H](C[C@H](Cc1ccc(-c2ccccn2)cc1)NC(=O)[C@@H](NC(=O)OC)C(C)(C)C)OCP(=O)(O)O)C(C)(C)C. The molecule has 15 nitrogen and oxygen atoms in total. The molecule has 0 aliphatic heterocycles. The topological polar surface area (TPSA) is 215 Å². The second kappa shape index (κ2) is 20.4. The molecular weight excluding hydrogens is 741 g/mol. The number of hydrogen-bond donors (Lipinski definition) is 6. The molecule has 0 fully saturated rings. The van der Waals surface area contributed by atoms with E-state index in [1.165, 1.54) is 14.2 Å². The number of amides is 4. The number of hydrogen-bond acceptors (Lipinski definition) is 9. The predicted octanol–water partition coefficient (Wildman–Crippen LogP) is 4.96. The van der Waals surface area contributed by atoms with Crippen LogP contribution in [0.25, 0.3) is 11.3 Å². The number of nitrogens with zero attached hydrogens (tertiary/aromatic N) is 1. The maximum Gasteiger partial charge on any atom is 0.407 e. The van der Waals surface area contributed by atoms with E-state index in [1.54, 1.807) is 47.7 Å². The molecule has 1 unspecified atom stereocenters. The highest BCUT2D eigenvalue weighted by Gasteiger charge is 2.39. The molecule has 3 rings (SSSR count). The van der Waals surface area contributed by atoms with Gasteiger partial charge in [0.2, 0.25) is 11.8 Å². The van der Waals surface area contributed by atoms with Crippen molar-refractivity contribution in [3.8, 4) is 11.3 Å². The summed E-state index contributed by atoms with van der Waals surface area (Å²) >= 11 is 0. The van der Waals surface area contributed by atoms with E-state index in [1.807, 2.05) is 72.8 Å². The van der Waals surface area contributed by atoms with Crippen LogP contribution >= 0.6 is 7.60 Å².